The number of ether oxygens (including phenoxy) is 2. The van der Waals surface area contributed by atoms with Gasteiger partial charge in [-0.1, -0.05) is 35.9 Å². The summed E-state index contributed by atoms with van der Waals surface area (Å²) in [7, 11) is 0. The highest BCUT2D eigenvalue weighted by atomic mass is 19.1. The molecule has 1 fully saturated rings. The second kappa shape index (κ2) is 10.8. The van der Waals surface area contributed by atoms with E-state index in [-0.39, 0.29) is 18.2 Å². The fourth-order valence-corrected chi connectivity index (χ4v) is 3.42. The van der Waals surface area contributed by atoms with Gasteiger partial charge in [0.15, 0.2) is 17.4 Å². The molecule has 1 aromatic carbocycles. The van der Waals surface area contributed by atoms with Crippen LogP contribution < -0.4 is 15.1 Å². The second-order valence-corrected chi connectivity index (χ2v) is 7.54. The number of nitrogens with zero attached hydrogens (tertiary/aromatic N) is 4. The van der Waals surface area contributed by atoms with Gasteiger partial charge in [0.25, 0.3) is 0 Å². The lowest BCUT2D eigenvalue weighted by Gasteiger charge is -2.29. The van der Waals surface area contributed by atoms with Crippen molar-refractivity contribution in [3.8, 4) is 5.75 Å². The highest BCUT2D eigenvalue weighted by Crippen LogP contribution is 2.33. The van der Waals surface area contributed by atoms with Gasteiger partial charge in [0.2, 0.25) is 11.6 Å². The molecular formula is C24H25F2N5O2. The predicted molar refractivity (Wildman–Crippen MR) is 123 cm³/mol. The third-order valence-electron chi connectivity index (χ3n) is 5.09. The van der Waals surface area contributed by atoms with Crippen LogP contribution in [0.4, 0.5) is 20.4 Å². The minimum Gasteiger partial charge on any atom is -0.487 e. The van der Waals surface area contributed by atoms with Gasteiger partial charge < -0.3 is 14.4 Å². The molecule has 4 rings (SSSR count). The number of halogens is 2. The van der Waals surface area contributed by atoms with Crippen LogP contribution in [0.3, 0.4) is 0 Å². The molecule has 0 saturated carbocycles. The van der Waals surface area contributed by atoms with Crippen LogP contribution in [-0.4, -0.2) is 49.1 Å². The number of nitrogens with one attached hydrogen (secondary N) is 1. The van der Waals surface area contributed by atoms with Gasteiger partial charge in [0.05, 0.1) is 26.0 Å². The highest BCUT2D eigenvalue weighted by Gasteiger charge is 2.26. The van der Waals surface area contributed by atoms with Crippen molar-refractivity contribution < 1.29 is 18.3 Å². The number of benzene rings is 1. The van der Waals surface area contributed by atoms with Gasteiger partial charge in [-0.05, 0) is 24.6 Å². The Morgan fingerprint density at radius 3 is 2.76 bits per heavy atom. The van der Waals surface area contributed by atoms with Crippen LogP contribution in [0.15, 0.2) is 53.8 Å². The van der Waals surface area contributed by atoms with Crippen molar-refractivity contribution in [2.24, 2.45) is 5.10 Å². The van der Waals surface area contributed by atoms with Gasteiger partial charge in [-0.2, -0.15) is 13.9 Å². The number of anilines is 2. The number of aromatic nitrogens is 2. The van der Waals surface area contributed by atoms with E-state index in [1.54, 1.807) is 23.4 Å². The van der Waals surface area contributed by atoms with E-state index in [1.165, 1.54) is 0 Å². The third-order valence-corrected chi connectivity index (χ3v) is 5.09. The molecule has 0 aliphatic carbocycles. The van der Waals surface area contributed by atoms with Crippen LogP contribution in [0.2, 0.25) is 0 Å². The summed E-state index contributed by atoms with van der Waals surface area (Å²) < 4.78 is 41.3. The quantitative estimate of drug-likeness (QED) is 0.411. The molecule has 0 radical (unpaired) electrons. The fraction of sp³-hybridized carbons (Fsp3) is 0.292. The summed E-state index contributed by atoms with van der Waals surface area (Å²) in [6.07, 6.45) is 3.62. The van der Waals surface area contributed by atoms with E-state index in [9.17, 15) is 0 Å². The monoisotopic (exact) mass is 453 g/mol. The Kier molecular flexibility index (Phi) is 7.41. The Morgan fingerprint density at radius 1 is 1.15 bits per heavy atom. The topological polar surface area (TPSA) is 71.9 Å². The van der Waals surface area contributed by atoms with Gasteiger partial charge in [-0.25, -0.2) is 4.98 Å². The normalized spacial score (nSPS) is 14.0. The molecule has 7 nitrogen and oxygen atoms in total. The van der Waals surface area contributed by atoms with Gasteiger partial charge in [0.1, 0.15) is 0 Å². The fourth-order valence-electron chi connectivity index (χ4n) is 3.42. The molecule has 172 valence electrons. The van der Waals surface area contributed by atoms with Crippen LogP contribution in [0.1, 0.15) is 16.8 Å². The Hall–Kier alpha value is -3.59. The van der Waals surface area contributed by atoms with E-state index in [0.717, 1.165) is 16.8 Å². The average molecular weight is 453 g/mol. The van der Waals surface area contributed by atoms with E-state index in [4.69, 9.17) is 9.47 Å². The van der Waals surface area contributed by atoms with Gasteiger partial charge in [-0.15, -0.1) is 0 Å². The molecule has 1 N–H and O–H groups in total. The summed E-state index contributed by atoms with van der Waals surface area (Å²) >= 11 is 0. The Labute approximate surface area is 191 Å². The summed E-state index contributed by atoms with van der Waals surface area (Å²) in [5.41, 5.74) is 5.28. The molecule has 9 heteroatoms. The SMILES string of the molecule is Cc1cccc(C=NNc2nc(N3CCOCC3)c(F)c(OCCc3ccccn3)c2F)c1. The number of aryl methyl sites for hydroxylation is 1. The molecule has 0 spiro atoms. The van der Waals surface area contributed by atoms with Crippen molar-refractivity contribution in [2.75, 3.05) is 43.2 Å². The first-order valence-corrected chi connectivity index (χ1v) is 10.7. The molecule has 3 heterocycles. The van der Waals surface area contributed by atoms with Crippen molar-refractivity contribution in [2.45, 2.75) is 13.3 Å². The summed E-state index contributed by atoms with van der Waals surface area (Å²) in [5.74, 6) is -2.48. The largest absolute Gasteiger partial charge is 0.487 e. The zero-order chi connectivity index (χ0) is 23.0. The molecule has 33 heavy (non-hydrogen) atoms. The van der Waals surface area contributed by atoms with Gasteiger partial charge >= 0.3 is 0 Å². The molecule has 0 unspecified atom stereocenters. The van der Waals surface area contributed by atoms with E-state index < -0.39 is 17.4 Å². The summed E-state index contributed by atoms with van der Waals surface area (Å²) in [6.45, 7) is 3.77. The molecule has 1 saturated heterocycles. The van der Waals surface area contributed by atoms with Crippen LogP contribution in [-0.2, 0) is 11.2 Å². The number of hydrazone groups is 1. The first-order valence-electron chi connectivity index (χ1n) is 10.7. The van der Waals surface area contributed by atoms with Crippen LogP contribution in [0.5, 0.6) is 5.75 Å². The maximum Gasteiger partial charge on any atom is 0.212 e. The van der Waals surface area contributed by atoms with Crippen LogP contribution >= 0.6 is 0 Å². The molecule has 3 aromatic rings. The first kappa shape index (κ1) is 22.6. The lowest BCUT2D eigenvalue weighted by Crippen LogP contribution is -2.37. The number of hydrogen-bond acceptors (Lipinski definition) is 7. The molecule has 0 atom stereocenters. The number of pyridine rings is 2. The van der Waals surface area contributed by atoms with E-state index in [0.29, 0.717) is 32.7 Å². The highest BCUT2D eigenvalue weighted by molar-refractivity contribution is 5.80. The van der Waals surface area contributed by atoms with E-state index in [1.807, 2.05) is 43.3 Å². The zero-order valence-corrected chi connectivity index (χ0v) is 18.3. The van der Waals surface area contributed by atoms with Crippen molar-refractivity contribution >= 4 is 17.9 Å². The van der Waals surface area contributed by atoms with Crippen LogP contribution in [0, 0.1) is 18.6 Å². The zero-order valence-electron chi connectivity index (χ0n) is 18.3. The number of morpholine rings is 1. The van der Waals surface area contributed by atoms with Crippen molar-refractivity contribution in [1.82, 2.24) is 9.97 Å². The van der Waals surface area contributed by atoms with Crippen molar-refractivity contribution in [3.63, 3.8) is 0 Å². The van der Waals surface area contributed by atoms with E-state index >= 15 is 8.78 Å². The Morgan fingerprint density at radius 2 is 2.00 bits per heavy atom. The molecule has 1 aliphatic rings. The smallest absolute Gasteiger partial charge is 0.212 e. The minimum atomic E-state index is -0.938. The van der Waals surface area contributed by atoms with Gasteiger partial charge in [0, 0.05) is 31.4 Å². The van der Waals surface area contributed by atoms with Crippen LogP contribution in [0.25, 0.3) is 0 Å². The number of rotatable bonds is 8. The summed E-state index contributed by atoms with van der Waals surface area (Å²) in [4.78, 5) is 10.1. The summed E-state index contributed by atoms with van der Waals surface area (Å²) in [6, 6.07) is 13.2. The standard InChI is InChI=1S/C24H25F2N5O2/c1-17-5-4-6-18(15-17)16-28-30-23-20(25)22(33-12-8-19-7-2-3-9-27-19)21(26)24(29-23)31-10-13-32-14-11-31/h2-7,9,15-16H,8,10-14H2,1H3,(H,29,30). The van der Waals surface area contributed by atoms with Gasteiger partial charge in [-0.3, -0.25) is 10.4 Å². The molecule has 2 aromatic heterocycles. The maximum absolute atomic E-state index is 15.3. The Bertz CT molecular complexity index is 1110. The number of hydrogen-bond donors (Lipinski definition) is 1. The molecule has 0 bridgehead atoms. The predicted octanol–water partition coefficient (Wildman–Crippen LogP) is 3.97. The average Bonchev–Trinajstić information content (AvgIpc) is 2.84. The lowest BCUT2D eigenvalue weighted by molar-refractivity contribution is 0.122. The first-order chi connectivity index (χ1) is 16.1. The lowest BCUT2D eigenvalue weighted by atomic mass is 10.2. The molecule has 0 amide bonds. The maximum atomic E-state index is 15.3. The Balaban J connectivity index is 1.58. The summed E-state index contributed by atoms with van der Waals surface area (Å²) in [5, 5.41) is 4.09. The third kappa shape index (κ3) is 5.81. The minimum absolute atomic E-state index is 0.000733. The molecular weight excluding hydrogens is 428 g/mol. The van der Waals surface area contributed by atoms with Crippen molar-refractivity contribution in [1.29, 1.82) is 0 Å². The van der Waals surface area contributed by atoms with Crippen molar-refractivity contribution in [3.05, 3.63) is 77.1 Å². The second-order valence-electron chi connectivity index (χ2n) is 7.54. The van der Waals surface area contributed by atoms with E-state index in [2.05, 4.69) is 20.5 Å². The molecule has 1 aliphatic heterocycles.